The van der Waals surface area contributed by atoms with Crippen LogP contribution in [0.1, 0.15) is 31.4 Å². The highest BCUT2D eigenvalue weighted by Gasteiger charge is 2.26. The molecule has 0 bridgehead atoms. The second kappa shape index (κ2) is 7.04. The van der Waals surface area contributed by atoms with Gasteiger partial charge in [0, 0.05) is 35.6 Å². The molecule has 1 aromatic carbocycles. The van der Waals surface area contributed by atoms with Crippen LogP contribution < -0.4 is 0 Å². The summed E-state index contributed by atoms with van der Waals surface area (Å²) < 4.78 is 13.4. The van der Waals surface area contributed by atoms with Gasteiger partial charge in [0.2, 0.25) is 0 Å². The Labute approximate surface area is 153 Å². The molecular formula is C22H24FN3. The van der Waals surface area contributed by atoms with E-state index in [-0.39, 0.29) is 5.82 Å². The quantitative estimate of drug-likeness (QED) is 0.715. The number of rotatable bonds is 3. The average molecular weight is 349 g/mol. The molecule has 0 amide bonds. The summed E-state index contributed by atoms with van der Waals surface area (Å²) in [6, 6.07) is 13.6. The van der Waals surface area contributed by atoms with Gasteiger partial charge in [0.15, 0.2) is 0 Å². The summed E-state index contributed by atoms with van der Waals surface area (Å²) in [5, 5.41) is 0. The first-order chi connectivity index (χ1) is 12.6. The lowest BCUT2D eigenvalue weighted by Crippen LogP contribution is -2.36. The summed E-state index contributed by atoms with van der Waals surface area (Å²) in [5.41, 5.74) is 5.61. The number of nitrogens with zero attached hydrogens (tertiary/aromatic N) is 2. The van der Waals surface area contributed by atoms with Crippen LogP contribution in [-0.2, 0) is 0 Å². The number of hydrogen-bond acceptors (Lipinski definition) is 2. The molecule has 1 aliphatic rings. The van der Waals surface area contributed by atoms with Crippen molar-refractivity contribution in [2.75, 3.05) is 13.6 Å². The number of aromatic nitrogens is 2. The van der Waals surface area contributed by atoms with E-state index in [1.807, 2.05) is 36.7 Å². The highest BCUT2D eigenvalue weighted by molar-refractivity contribution is 5.82. The highest BCUT2D eigenvalue weighted by atomic mass is 19.1. The summed E-state index contributed by atoms with van der Waals surface area (Å²) in [4.78, 5) is 10.2. The fraction of sp³-hybridized carbons (Fsp3) is 0.318. The zero-order valence-corrected chi connectivity index (χ0v) is 15.2. The van der Waals surface area contributed by atoms with E-state index in [4.69, 9.17) is 0 Å². The predicted octanol–water partition coefficient (Wildman–Crippen LogP) is 5.08. The van der Waals surface area contributed by atoms with Crippen LogP contribution in [-0.4, -0.2) is 34.5 Å². The second-order valence-electron chi connectivity index (χ2n) is 7.31. The number of likely N-dealkylation sites (tertiary alicyclic amines) is 1. The van der Waals surface area contributed by atoms with E-state index < -0.39 is 0 Å². The summed E-state index contributed by atoms with van der Waals surface area (Å²) in [5.74, 6) is 0.311. The van der Waals surface area contributed by atoms with Crippen LogP contribution in [0.2, 0.25) is 0 Å². The first-order valence-electron chi connectivity index (χ1n) is 9.21. The molecule has 0 spiro atoms. The van der Waals surface area contributed by atoms with E-state index in [9.17, 15) is 4.39 Å². The molecule has 1 fully saturated rings. The molecule has 1 aliphatic heterocycles. The molecule has 3 aromatic rings. The molecule has 3 nitrogen and oxygen atoms in total. The number of hydrogen-bond donors (Lipinski definition) is 1. The van der Waals surface area contributed by atoms with Crippen LogP contribution in [0, 0.1) is 5.82 Å². The molecule has 0 saturated carbocycles. The minimum atomic E-state index is -0.213. The van der Waals surface area contributed by atoms with Gasteiger partial charge in [-0.25, -0.2) is 4.39 Å². The van der Waals surface area contributed by atoms with Crippen LogP contribution in [0.4, 0.5) is 4.39 Å². The minimum absolute atomic E-state index is 0.213. The molecule has 26 heavy (non-hydrogen) atoms. The summed E-state index contributed by atoms with van der Waals surface area (Å²) in [6.45, 7) is 3.40. The standard InChI is InChI=1S/C22H24FN3/c1-15-13-18(9-12-26(15)2)21-14-20(16-7-10-24-11-8-16)22(25-21)17-3-5-19(23)6-4-17/h3-8,10-11,14-15,18,25H,9,12-13H2,1-2H3/t15-,18+/m0/s1. The Kier molecular flexibility index (Phi) is 4.60. The van der Waals surface area contributed by atoms with Crippen molar-refractivity contribution >= 4 is 0 Å². The summed E-state index contributed by atoms with van der Waals surface area (Å²) in [7, 11) is 2.20. The van der Waals surface area contributed by atoms with E-state index in [0.29, 0.717) is 12.0 Å². The van der Waals surface area contributed by atoms with Crippen LogP contribution in [0.3, 0.4) is 0 Å². The molecule has 3 heterocycles. The molecule has 4 heteroatoms. The van der Waals surface area contributed by atoms with Gasteiger partial charge in [-0.1, -0.05) is 0 Å². The van der Waals surface area contributed by atoms with Crippen molar-refractivity contribution in [1.29, 1.82) is 0 Å². The lowest BCUT2D eigenvalue weighted by Gasteiger charge is -2.34. The Bertz CT molecular complexity index is 870. The van der Waals surface area contributed by atoms with Gasteiger partial charge in [-0.2, -0.15) is 0 Å². The van der Waals surface area contributed by atoms with Gasteiger partial charge in [-0.3, -0.25) is 4.98 Å². The molecule has 0 unspecified atom stereocenters. The smallest absolute Gasteiger partial charge is 0.123 e. The third-order valence-electron chi connectivity index (χ3n) is 5.61. The zero-order valence-electron chi connectivity index (χ0n) is 15.2. The van der Waals surface area contributed by atoms with Gasteiger partial charge in [0.25, 0.3) is 0 Å². The molecular weight excluding hydrogens is 325 g/mol. The van der Waals surface area contributed by atoms with Crippen molar-refractivity contribution in [3.63, 3.8) is 0 Å². The van der Waals surface area contributed by atoms with E-state index in [1.165, 1.54) is 17.8 Å². The monoisotopic (exact) mass is 349 g/mol. The van der Waals surface area contributed by atoms with Crippen molar-refractivity contribution in [1.82, 2.24) is 14.9 Å². The Balaban J connectivity index is 1.77. The highest BCUT2D eigenvalue weighted by Crippen LogP contribution is 2.38. The second-order valence-corrected chi connectivity index (χ2v) is 7.31. The molecule has 2 atom stereocenters. The Morgan fingerprint density at radius 1 is 1.08 bits per heavy atom. The van der Waals surface area contributed by atoms with Gasteiger partial charge in [0.1, 0.15) is 5.82 Å². The number of piperidine rings is 1. The number of pyridine rings is 1. The SMILES string of the molecule is C[C@H]1C[C@H](c2cc(-c3ccncc3)c(-c3ccc(F)cc3)[nH]2)CCN1C. The van der Waals surface area contributed by atoms with Crippen molar-refractivity contribution < 1.29 is 4.39 Å². The first kappa shape index (κ1) is 17.0. The lowest BCUT2D eigenvalue weighted by atomic mass is 9.89. The zero-order chi connectivity index (χ0) is 18.1. The number of nitrogens with one attached hydrogen (secondary N) is 1. The van der Waals surface area contributed by atoms with Gasteiger partial charge in [-0.15, -0.1) is 0 Å². The fourth-order valence-corrected chi connectivity index (χ4v) is 3.87. The largest absolute Gasteiger partial charge is 0.358 e. The van der Waals surface area contributed by atoms with Crippen LogP contribution in [0.15, 0.2) is 54.9 Å². The third-order valence-corrected chi connectivity index (χ3v) is 5.61. The molecule has 134 valence electrons. The summed E-state index contributed by atoms with van der Waals surface area (Å²) >= 11 is 0. The Morgan fingerprint density at radius 3 is 2.50 bits per heavy atom. The topological polar surface area (TPSA) is 31.9 Å². The first-order valence-corrected chi connectivity index (χ1v) is 9.21. The van der Waals surface area contributed by atoms with Crippen molar-refractivity contribution in [2.24, 2.45) is 0 Å². The molecule has 1 N–H and O–H groups in total. The Hall–Kier alpha value is -2.46. The van der Waals surface area contributed by atoms with Crippen molar-refractivity contribution in [2.45, 2.75) is 31.7 Å². The van der Waals surface area contributed by atoms with E-state index >= 15 is 0 Å². The lowest BCUT2D eigenvalue weighted by molar-refractivity contribution is 0.181. The maximum atomic E-state index is 13.4. The van der Waals surface area contributed by atoms with E-state index in [0.717, 1.165) is 41.8 Å². The van der Waals surface area contributed by atoms with E-state index in [1.54, 1.807) is 0 Å². The van der Waals surface area contributed by atoms with Crippen LogP contribution >= 0.6 is 0 Å². The Morgan fingerprint density at radius 2 is 1.81 bits per heavy atom. The van der Waals surface area contributed by atoms with Gasteiger partial charge >= 0.3 is 0 Å². The van der Waals surface area contributed by atoms with Crippen LogP contribution in [0.5, 0.6) is 0 Å². The van der Waals surface area contributed by atoms with E-state index in [2.05, 4.69) is 34.9 Å². The molecule has 0 radical (unpaired) electrons. The van der Waals surface area contributed by atoms with Crippen molar-refractivity contribution in [3.8, 4) is 22.4 Å². The predicted molar refractivity (Wildman–Crippen MR) is 103 cm³/mol. The third kappa shape index (κ3) is 3.29. The molecule has 2 aromatic heterocycles. The maximum absolute atomic E-state index is 13.4. The van der Waals surface area contributed by atoms with Gasteiger partial charge in [0.05, 0.1) is 5.69 Å². The fourth-order valence-electron chi connectivity index (χ4n) is 3.87. The summed E-state index contributed by atoms with van der Waals surface area (Å²) in [6.07, 6.45) is 5.93. The molecule has 0 aliphatic carbocycles. The number of aromatic amines is 1. The maximum Gasteiger partial charge on any atom is 0.123 e. The van der Waals surface area contributed by atoms with Crippen molar-refractivity contribution in [3.05, 3.63) is 66.4 Å². The van der Waals surface area contributed by atoms with Crippen LogP contribution in [0.25, 0.3) is 22.4 Å². The molecule has 4 rings (SSSR count). The normalized spacial score (nSPS) is 21.0. The van der Waals surface area contributed by atoms with Gasteiger partial charge < -0.3 is 9.88 Å². The minimum Gasteiger partial charge on any atom is -0.358 e. The average Bonchev–Trinajstić information content (AvgIpc) is 3.11. The number of halogens is 1. The van der Waals surface area contributed by atoms with Gasteiger partial charge in [-0.05, 0) is 86.9 Å². The number of benzene rings is 1. The molecule has 1 saturated heterocycles. The number of H-pyrrole nitrogens is 1.